The molecule has 2 aromatic rings. The maximum atomic E-state index is 12.1. The summed E-state index contributed by atoms with van der Waals surface area (Å²) >= 11 is 0. The first kappa shape index (κ1) is 22.7. The summed E-state index contributed by atoms with van der Waals surface area (Å²) in [6.45, 7) is 0. The summed E-state index contributed by atoms with van der Waals surface area (Å²) < 4.78 is 20.9. The number of ketones is 2. The van der Waals surface area contributed by atoms with Crippen LogP contribution in [0.1, 0.15) is 24.0 Å². The predicted molar refractivity (Wildman–Crippen MR) is 116 cm³/mol. The normalized spacial score (nSPS) is 10.9. The molecule has 0 aliphatic rings. The fourth-order valence-corrected chi connectivity index (χ4v) is 2.70. The van der Waals surface area contributed by atoms with Crippen LogP contribution in [-0.2, 0) is 9.59 Å². The lowest BCUT2D eigenvalue weighted by Crippen LogP contribution is -1.99. The lowest BCUT2D eigenvalue weighted by Gasteiger charge is -2.07. The van der Waals surface area contributed by atoms with E-state index in [9.17, 15) is 9.59 Å². The highest BCUT2D eigenvalue weighted by Crippen LogP contribution is 2.29. The van der Waals surface area contributed by atoms with Crippen LogP contribution in [0.25, 0.3) is 12.2 Å². The Bertz CT molecular complexity index is 865. The van der Waals surface area contributed by atoms with E-state index in [0.29, 0.717) is 23.0 Å². The lowest BCUT2D eigenvalue weighted by atomic mass is 10.1. The first-order valence-electron chi connectivity index (χ1n) is 9.36. The molecule has 0 radical (unpaired) electrons. The molecule has 6 heteroatoms. The number of ether oxygens (including phenoxy) is 4. The van der Waals surface area contributed by atoms with E-state index in [-0.39, 0.29) is 24.4 Å². The first-order chi connectivity index (χ1) is 14.5. The zero-order chi connectivity index (χ0) is 21.9. The molecule has 6 nitrogen and oxygen atoms in total. The van der Waals surface area contributed by atoms with Gasteiger partial charge in [0, 0.05) is 12.8 Å². The second-order valence-corrected chi connectivity index (χ2v) is 6.33. The van der Waals surface area contributed by atoms with E-state index in [1.165, 1.54) is 12.2 Å². The predicted octanol–water partition coefficient (Wildman–Crippen LogP) is 4.37. The lowest BCUT2D eigenvalue weighted by molar-refractivity contribution is -0.119. The summed E-state index contributed by atoms with van der Waals surface area (Å²) in [4.78, 5) is 24.2. The fourth-order valence-electron chi connectivity index (χ4n) is 2.70. The molecule has 0 fully saturated rings. The van der Waals surface area contributed by atoms with Gasteiger partial charge < -0.3 is 18.9 Å². The Labute approximate surface area is 176 Å². The van der Waals surface area contributed by atoms with Crippen LogP contribution in [0.15, 0.2) is 48.6 Å². The summed E-state index contributed by atoms with van der Waals surface area (Å²) in [5.41, 5.74) is 1.61. The van der Waals surface area contributed by atoms with Crippen LogP contribution in [0.4, 0.5) is 0 Å². The third-order valence-corrected chi connectivity index (χ3v) is 4.36. The van der Waals surface area contributed by atoms with E-state index in [1.807, 2.05) is 12.1 Å². The second kappa shape index (κ2) is 11.5. The molecule has 0 atom stereocenters. The molecule has 0 aromatic heterocycles. The minimum absolute atomic E-state index is 0.127. The van der Waals surface area contributed by atoms with Crippen molar-refractivity contribution >= 4 is 23.7 Å². The third kappa shape index (κ3) is 6.51. The molecular formula is C24H26O6. The largest absolute Gasteiger partial charge is 0.493 e. The standard InChI is InChI=1S/C24H26O6/c1-27-21-13-7-17(15-23(21)29-3)5-9-19(25)11-12-20(26)10-6-18-8-14-22(28-2)24(16-18)30-4/h5-10,13-16H,11-12H2,1-4H3/b9-5+,10-6+. The molecule has 158 valence electrons. The number of benzene rings is 2. The van der Waals surface area contributed by atoms with Crippen LogP contribution in [0.5, 0.6) is 23.0 Å². The molecule has 0 spiro atoms. The third-order valence-electron chi connectivity index (χ3n) is 4.36. The van der Waals surface area contributed by atoms with Crippen molar-refractivity contribution in [1.29, 1.82) is 0 Å². The van der Waals surface area contributed by atoms with Gasteiger partial charge in [0.2, 0.25) is 0 Å². The molecule has 0 unspecified atom stereocenters. The number of rotatable bonds is 11. The van der Waals surface area contributed by atoms with E-state index in [0.717, 1.165) is 11.1 Å². The Kier molecular flexibility index (Phi) is 8.69. The Morgan fingerprint density at radius 3 is 1.33 bits per heavy atom. The Balaban J connectivity index is 1.89. The SMILES string of the molecule is COc1ccc(/C=C/C(=O)CCC(=O)/C=C/c2ccc(OC)c(OC)c2)cc1OC. The average Bonchev–Trinajstić information content (AvgIpc) is 2.79. The number of hydrogen-bond donors (Lipinski definition) is 0. The number of methoxy groups -OCH3 is 4. The molecular weight excluding hydrogens is 384 g/mol. The molecule has 0 heterocycles. The minimum Gasteiger partial charge on any atom is -0.493 e. The number of allylic oxidation sites excluding steroid dienone is 2. The van der Waals surface area contributed by atoms with Crippen molar-refractivity contribution in [2.24, 2.45) is 0 Å². The zero-order valence-corrected chi connectivity index (χ0v) is 17.6. The van der Waals surface area contributed by atoms with Crippen molar-refractivity contribution in [3.63, 3.8) is 0 Å². The van der Waals surface area contributed by atoms with E-state index >= 15 is 0 Å². The summed E-state index contributed by atoms with van der Waals surface area (Å²) in [5.74, 6) is 2.15. The summed E-state index contributed by atoms with van der Waals surface area (Å²) in [5, 5.41) is 0. The quantitative estimate of drug-likeness (QED) is 0.513. The highest BCUT2D eigenvalue weighted by Gasteiger charge is 2.06. The molecule has 2 aromatic carbocycles. The molecule has 0 bridgehead atoms. The number of carbonyl (C=O) groups is 2. The van der Waals surface area contributed by atoms with E-state index in [2.05, 4.69) is 0 Å². The number of carbonyl (C=O) groups excluding carboxylic acids is 2. The summed E-state index contributed by atoms with van der Waals surface area (Å²) in [7, 11) is 6.23. The molecule has 0 saturated carbocycles. The van der Waals surface area contributed by atoms with Gasteiger partial charge in [0.05, 0.1) is 28.4 Å². The fraction of sp³-hybridized carbons (Fsp3) is 0.250. The molecule has 0 N–H and O–H groups in total. The number of hydrogen-bond acceptors (Lipinski definition) is 6. The molecule has 2 rings (SSSR count). The van der Waals surface area contributed by atoms with Crippen LogP contribution in [0.3, 0.4) is 0 Å². The topological polar surface area (TPSA) is 71.1 Å². The van der Waals surface area contributed by atoms with Gasteiger partial charge in [0.25, 0.3) is 0 Å². The van der Waals surface area contributed by atoms with Gasteiger partial charge in [0.15, 0.2) is 34.6 Å². The van der Waals surface area contributed by atoms with Crippen molar-refractivity contribution in [2.75, 3.05) is 28.4 Å². The summed E-state index contributed by atoms with van der Waals surface area (Å²) in [6, 6.07) is 10.7. The molecule has 0 amide bonds. The van der Waals surface area contributed by atoms with Crippen molar-refractivity contribution in [3.05, 3.63) is 59.7 Å². The van der Waals surface area contributed by atoms with Crippen LogP contribution >= 0.6 is 0 Å². The Morgan fingerprint density at radius 2 is 1.00 bits per heavy atom. The van der Waals surface area contributed by atoms with E-state index in [1.54, 1.807) is 64.9 Å². The maximum Gasteiger partial charge on any atom is 0.161 e. The average molecular weight is 410 g/mol. The van der Waals surface area contributed by atoms with Crippen molar-refractivity contribution in [2.45, 2.75) is 12.8 Å². The summed E-state index contributed by atoms with van der Waals surface area (Å²) in [6.07, 6.45) is 6.58. The minimum atomic E-state index is -0.127. The second-order valence-electron chi connectivity index (χ2n) is 6.33. The van der Waals surface area contributed by atoms with Crippen LogP contribution in [0.2, 0.25) is 0 Å². The molecule has 30 heavy (non-hydrogen) atoms. The van der Waals surface area contributed by atoms with Gasteiger partial charge in [-0.2, -0.15) is 0 Å². The maximum absolute atomic E-state index is 12.1. The van der Waals surface area contributed by atoms with E-state index in [4.69, 9.17) is 18.9 Å². The van der Waals surface area contributed by atoms with Gasteiger partial charge in [-0.05, 0) is 47.5 Å². The van der Waals surface area contributed by atoms with Crippen molar-refractivity contribution in [1.82, 2.24) is 0 Å². The van der Waals surface area contributed by atoms with Crippen LogP contribution in [0, 0.1) is 0 Å². The van der Waals surface area contributed by atoms with Gasteiger partial charge in [0.1, 0.15) is 0 Å². The smallest absolute Gasteiger partial charge is 0.161 e. The molecule has 0 aliphatic heterocycles. The molecule has 0 aliphatic carbocycles. The van der Waals surface area contributed by atoms with Gasteiger partial charge in [-0.3, -0.25) is 9.59 Å². The van der Waals surface area contributed by atoms with Gasteiger partial charge in [-0.1, -0.05) is 24.3 Å². The van der Waals surface area contributed by atoms with Gasteiger partial charge >= 0.3 is 0 Å². The highest BCUT2D eigenvalue weighted by atomic mass is 16.5. The van der Waals surface area contributed by atoms with Crippen LogP contribution in [-0.4, -0.2) is 40.0 Å². The Hall–Kier alpha value is -3.54. The van der Waals surface area contributed by atoms with Crippen molar-refractivity contribution in [3.8, 4) is 23.0 Å². The van der Waals surface area contributed by atoms with E-state index < -0.39 is 0 Å². The first-order valence-corrected chi connectivity index (χ1v) is 9.36. The van der Waals surface area contributed by atoms with Crippen molar-refractivity contribution < 1.29 is 28.5 Å². The highest BCUT2D eigenvalue weighted by molar-refractivity contribution is 5.99. The monoisotopic (exact) mass is 410 g/mol. The molecule has 0 saturated heterocycles. The van der Waals surface area contributed by atoms with Gasteiger partial charge in [-0.15, -0.1) is 0 Å². The zero-order valence-electron chi connectivity index (χ0n) is 17.6. The van der Waals surface area contributed by atoms with Gasteiger partial charge in [-0.25, -0.2) is 0 Å². The Morgan fingerprint density at radius 1 is 0.633 bits per heavy atom. The van der Waals surface area contributed by atoms with Crippen LogP contribution < -0.4 is 18.9 Å².